The summed E-state index contributed by atoms with van der Waals surface area (Å²) in [6.07, 6.45) is 12.8. The molecule has 3 heteroatoms. The van der Waals surface area contributed by atoms with Gasteiger partial charge in [-0.15, -0.1) is 6.58 Å². The predicted octanol–water partition coefficient (Wildman–Crippen LogP) is 5.58. The normalized spacial score (nSPS) is 46.1. The number of hydrogen-bond donors (Lipinski definition) is 0. The van der Waals surface area contributed by atoms with Crippen LogP contribution in [0.2, 0.25) is 0 Å². The highest BCUT2D eigenvalue weighted by atomic mass is 16.5. The van der Waals surface area contributed by atoms with Gasteiger partial charge < -0.3 is 4.74 Å². The fraction of sp³-hybridized carbons (Fsp3) is 0.840. The maximum atomic E-state index is 12.6. The Morgan fingerprint density at radius 2 is 1.89 bits per heavy atom. The average molecular weight is 387 g/mol. The summed E-state index contributed by atoms with van der Waals surface area (Å²) in [6, 6.07) is 0. The van der Waals surface area contributed by atoms with Gasteiger partial charge in [0.2, 0.25) is 0 Å². The maximum absolute atomic E-state index is 12.6. The molecule has 3 nitrogen and oxygen atoms in total. The number of fused-ring (bicyclic) bond motifs is 5. The summed E-state index contributed by atoms with van der Waals surface area (Å²) in [4.78, 5) is 24.6. The third-order valence-corrected chi connectivity index (χ3v) is 9.97. The molecule has 4 saturated carbocycles. The van der Waals surface area contributed by atoms with E-state index in [9.17, 15) is 9.59 Å². The number of ether oxygens (including phenoxy) is 1. The zero-order chi connectivity index (χ0) is 20.1. The van der Waals surface area contributed by atoms with E-state index in [0.29, 0.717) is 23.0 Å². The Kier molecular flexibility index (Phi) is 5.25. The van der Waals surface area contributed by atoms with Gasteiger partial charge in [-0.3, -0.25) is 9.59 Å². The van der Waals surface area contributed by atoms with Gasteiger partial charge >= 0.3 is 5.97 Å². The molecule has 0 radical (unpaired) electrons. The molecular formula is C25H38O3. The molecule has 4 aliphatic carbocycles. The molecule has 0 aromatic carbocycles. The van der Waals surface area contributed by atoms with Crippen LogP contribution in [-0.4, -0.2) is 18.9 Å². The second-order valence-electron chi connectivity index (χ2n) is 10.8. The molecule has 4 rings (SSSR count). The highest BCUT2D eigenvalue weighted by Crippen LogP contribution is 2.68. The molecule has 0 amide bonds. The van der Waals surface area contributed by atoms with Crippen LogP contribution in [0.5, 0.6) is 0 Å². The Morgan fingerprint density at radius 3 is 2.61 bits per heavy atom. The number of ketones is 1. The van der Waals surface area contributed by atoms with Crippen LogP contribution in [0.3, 0.4) is 0 Å². The van der Waals surface area contributed by atoms with Gasteiger partial charge in [-0.05, 0) is 91.8 Å². The average Bonchev–Trinajstić information content (AvgIpc) is 3.03. The molecule has 0 bridgehead atoms. The molecule has 4 aliphatic rings. The third-order valence-electron chi connectivity index (χ3n) is 9.97. The Hall–Kier alpha value is -1.12. The van der Waals surface area contributed by atoms with Crippen LogP contribution >= 0.6 is 0 Å². The summed E-state index contributed by atoms with van der Waals surface area (Å²) in [6.45, 7) is 8.89. The lowest BCUT2D eigenvalue weighted by molar-refractivity contribution is -0.153. The van der Waals surface area contributed by atoms with Crippen LogP contribution in [-0.2, 0) is 14.3 Å². The maximum Gasteiger partial charge on any atom is 0.309 e. The minimum absolute atomic E-state index is 0.0340. The molecule has 0 heterocycles. The van der Waals surface area contributed by atoms with Gasteiger partial charge in [0.05, 0.1) is 13.0 Å². The van der Waals surface area contributed by atoms with E-state index in [2.05, 4.69) is 20.4 Å². The summed E-state index contributed by atoms with van der Waals surface area (Å²) in [7, 11) is 1.52. The van der Waals surface area contributed by atoms with Gasteiger partial charge in [-0.25, -0.2) is 0 Å². The van der Waals surface area contributed by atoms with Gasteiger partial charge in [0.15, 0.2) is 0 Å². The number of Topliss-reactive ketones (excluding diaryl/α,β-unsaturated/α-hetero) is 1. The van der Waals surface area contributed by atoms with Gasteiger partial charge in [-0.2, -0.15) is 0 Å². The summed E-state index contributed by atoms with van der Waals surface area (Å²) < 4.78 is 5.19. The van der Waals surface area contributed by atoms with Crippen molar-refractivity contribution in [3.63, 3.8) is 0 Å². The first-order valence-corrected chi connectivity index (χ1v) is 11.6. The quantitative estimate of drug-likeness (QED) is 0.468. The number of hydrogen-bond acceptors (Lipinski definition) is 3. The van der Waals surface area contributed by atoms with Gasteiger partial charge in [0, 0.05) is 12.8 Å². The van der Waals surface area contributed by atoms with Crippen LogP contribution in [0.25, 0.3) is 0 Å². The first-order valence-electron chi connectivity index (χ1n) is 11.6. The highest BCUT2D eigenvalue weighted by Gasteiger charge is 2.61. The molecule has 0 N–H and O–H groups in total. The number of rotatable bonds is 4. The molecule has 4 fully saturated rings. The van der Waals surface area contributed by atoms with Crippen molar-refractivity contribution in [2.75, 3.05) is 7.11 Å². The standard InChI is InChI=1S/C25H38O3/c1-5-6-19(23(27)28-4)21-10-9-20-18-8-7-16-15-17(26)11-13-24(16,2)22(18)12-14-25(20,21)3/h5,16,18-22H,1,6-15H2,2-4H3/t16-,18-,19+,20-,21+,22-,24-,25-/m0/s1. The number of esters is 1. The topological polar surface area (TPSA) is 43.4 Å². The summed E-state index contributed by atoms with van der Waals surface area (Å²) in [5.74, 6) is 3.72. The Morgan fingerprint density at radius 1 is 1.14 bits per heavy atom. The first-order chi connectivity index (χ1) is 13.3. The van der Waals surface area contributed by atoms with Crippen LogP contribution < -0.4 is 0 Å². The van der Waals surface area contributed by atoms with E-state index >= 15 is 0 Å². The van der Waals surface area contributed by atoms with Crippen molar-refractivity contribution >= 4 is 11.8 Å². The fourth-order valence-electron chi connectivity index (χ4n) is 8.50. The molecule has 0 aliphatic heterocycles. The minimum atomic E-state index is -0.0460. The Labute approximate surface area is 170 Å². The lowest BCUT2D eigenvalue weighted by Gasteiger charge is -2.60. The van der Waals surface area contributed by atoms with E-state index < -0.39 is 0 Å². The molecular weight excluding hydrogens is 348 g/mol. The van der Waals surface area contributed by atoms with Crippen molar-refractivity contribution in [3.8, 4) is 0 Å². The number of carbonyl (C=O) groups excluding carboxylic acids is 2. The van der Waals surface area contributed by atoms with Gasteiger partial charge in [-0.1, -0.05) is 19.9 Å². The van der Waals surface area contributed by atoms with Crippen LogP contribution in [0.15, 0.2) is 12.7 Å². The summed E-state index contributed by atoms with van der Waals surface area (Å²) in [5, 5.41) is 0. The van der Waals surface area contributed by atoms with Gasteiger partial charge in [0.1, 0.15) is 5.78 Å². The van der Waals surface area contributed by atoms with E-state index in [-0.39, 0.29) is 17.3 Å². The monoisotopic (exact) mass is 386 g/mol. The second kappa shape index (κ2) is 7.29. The van der Waals surface area contributed by atoms with E-state index in [4.69, 9.17) is 4.74 Å². The summed E-state index contributed by atoms with van der Waals surface area (Å²) in [5.41, 5.74) is 0.607. The first kappa shape index (κ1) is 20.2. The summed E-state index contributed by atoms with van der Waals surface area (Å²) >= 11 is 0. The van der Waals surface area contributed by atoms with Gasteiger partial charge in [0.25, 0.3) is 0 Å². The van der Waals surface area contributed by atoms with Crippen LogP contribution in [0, 0.1) is 46.3 Å². The molecule has 0 saturated heterocycles. The number of carbonyl (C=O) groups is 2. The zero-order valence-electron chi connectivity index (χ0n) is 18.0. The molecule has 156 valence electrons. The van der Waals surface area contributed by atoms with Crippen molar-refractivity contribution in [1.82, 2.24) is 0 Å². The molecule has 0 spiro atoms. The van der Waals surface area contributed by atoms with Crippen molar-refractivity contribution in [2.24, 2.45) is 46.3 Å². The molecule has 28 heavy (non-hydrogen) atoms. The van der Waals surface area contributed by atoms with E-state index in [1.54, 1.807) is 0 Å². The molecule has 8 atom stereocenters. The van der Waals surface area contributed by atoms with Crippen LogP contribution in [0.1, 0.15) is 78.1 Å². The van der Waals surface area contributed by atoms with Crippen molar-refractivity contribution in [3.05, 3.63) is 12.7 Å². The smallest absolute Gasteiger partial charge is 0.309 e. The lowest BCUT2D eigenvalue weighted by atomic mass is 9.44. The fourth-order valence-corrected chi connectivity index (χ4v) is 8.50. The largest absolute Gasteiger partial charge is 0.469 e. The van der Waals surface area contributed by atoms with E-state index in [0.717, 1.165) is 49.9 Å². The molecule has 0 aromatic rings. The van der Waals surface area contributed by atoms with E-state index in [1.165, 1.54) is 39.2 Å². The Balaban J connectivity index is 1.59. The van der Waals surface area contributed by atoms with Crippen molar-refractivity contribution < 1.29 is 14.3 Å². The predicted molar refractivity (Wildman–Crippen MR) is 111 cm³/mol. The number of methoxy groups -OCH3 is 1. The minimum Gasteiger partial charge on any atom is -0.469 e. The molecule has 0 aromatic heterocycles. The van der Waals surface area contributed by atoms with E-state index in [1.807, 2.05) is 6.08 Å². The SMILES string of the molecule is C=CC[C@@H](C(=O)OC)[C@H]1CC[C@H]2[C@@H]3CC[C@H]4CC(=O)CC[C@]4(C)[C@H]3CC[C@]12C. The Bertz CT molecular complexity index is 654. The van der Waals surface area contributed by atoms with Crippen molar-refractivity contribution in [2.45, 2.75) is 78.1 Å². The van der Waals surface area contributed by atoms with Crippen molar-refractivity contribution in [1.29, 1.82) is 0 Å². The number of allylic oxidation sites excluding steroid dienone is 1. The van der Waals surface area contributed by atoms with Crippen LogP contribution in [0.4, 0.5) is 0 Å². The highest BCUT2D eigenvalue weighted by molar-refractivity contribution is 5.79. The lowest BCUT2D eigenvalue weighted by Crippen LogP contribution is -2.54. The second-order valence-corrected chi connectivity index (χ2v) is 10.8. The third kappa shape index (κ3) is 2.91. The molecule has 0 unspecified atom stereocenters. The zero-order valence-corrected chi connectivity index (χ0v) is 18.0.